The zero-order valence-corrected chi connectivity index (χ0v) is 13.6. The topological polar surface area (TPSA) is 80.5 Å². The maximum atomic E-state index is 14.4. The first kappa shape index (κ1) is 17.8. The molecule has 0 aliphatic carbocycles. The van der Waals surface area contributed by atoms with Crippen molar-refractivity contribution in [3.05, 3.63) is 41.9 Å². The van der Waals surface area contributed by atoms with E-state index >= 15 is 0 Å². The molecule has 1 heterocycles. The lowest BCUT2D eigenvalue weighted by atomic mass is 9.88. The van der Waals surface area contributed by atoms with Crippen LogP contribution in [-0.4, -0.2) is 24.5 Å². The molecule has 0 fully saturated rings. The maximum Gasteiger partial charge on any atom is 0.220 e. The molecule has 5 nitrogen and oxygen atoms in total. The fraction of sp³-hybridized carbons (Fsp3) is 0.389. The number of ketones is 1. The fourth-order valence-electron chi connectivity index (χ4n) is 2.83. The zero-order chi connectivity index (χ0) is 17.7. The van der Waals surface area contributed by atoms with Crippen LogP contribution in [0.2, 0.25) is 0 Å². The van der Waals surface area contributed by atoms with Crippen LogP contribution >= 0.6 is 0 Å². The van der Waals surface area contributed by atoms with Crippen LogP contribution in [-0.2, 0) is 14.4 Å². The molecule has 6 heteroatoms. The lowest BCUT2D eigenvalue weighted by Crippen LogP contribution is -2.25. The molecule has 0 aromatic heterocycles. The Morgan fingerprint density at radius 2 is 2.21 bits per heavy atom. The second kappa shape index (κ2) is 7.86. The van der Waals surface area contributed by atoms with Gasteiger partial charge in [-0.25, -0.2) is 4.39 Å². The minimum Gasteiger partial charge on any atom is -0.369 e. The van der Waals surface area contributed by atoms with Crippen LogP contribution in [0.1, 0.15) is 37.7 Å². The third-order valence-corrected chi connectivity index (χ3v) is 4.31. The number of carbonyl (C=O) groups excluding carboxylic acids is 3. The molecule has 24 heavy (non-hydrogen) atoms. The average Bonchev–Trinajstić information content (AvgIpc) is 2.55. The van der Waals surface area contributed by atoms with E-state index in [1.807, 2.05) is 6.92 Å². The number of anilines is 1. The van der Waals surface area contributed by atoms with Gasteiger partial charge in [-0.2, -0.15) is 0 Å². The average molecular weight is 332 g/mol. The summed E-state index contributed by atoms with van der Waals surface area (Å²) in [4.78, 5) is 34.9. The van der Waals surface area contributed by atoms with Crippen molar-refractivity contribution in [2.45, 2.75) is 32.1 Å². The number of allylic oxidation sites excluding steroid dienone is 1. The van der Waals surface area contributed by atoms with Crippen LogP contribution in [0.4, 0.5) is 10.1 Å². The molecule has 0 bridgehead atoms. The van der Waals surface area contributed by atoms with Crippen LogP contribution in [0, 0.1) is 11.7 Å². The Morgan fingerprint density at radius 1 is 1.46 bits per heavy atom. The van der Waals surface area contributed by atoms with E-state index in [4.69, 9.17) is 5.73 Å². The number of nitrogens with zero attached hydrogens (tertiary/aromatic N) is 1. The molecule has 0 saturated carbocycles. The van der Waals surface area contributed by atoms with Gasteiger partial charge in [-0.05, 0) is 36.1 Å². The van der Waals surface area contributed by atoms with Crippen LogP contribution in [0.15, 0.2) is 30.5 Å². The Hall–Kier alpha value is -2.50. The van der Waals surface area contributed by atoms with Crippen molar-refractivity contribution in [2.75, 3.05) is 11.4 Å². The number of hydrogen-bond donors (Lipinski definition) is 1. The Labute approximate surface area is 140 Å². The maximum absolute atomic E-state index is 14.4. The van der Waals surface area contributed by atoms with Gasteiger partial charge in [0.2, 0.25) is 5.91 Å². The van der Waals surface area contributed by atoms with Gasteiger partial charge in [0.15, 0.2) is 5.78 Å². The molecule has 0 spiro atoms. The molecule has 0 radical (unpaired) electrons. The summed E-state index contributed by atoms with van der Waals surface area (Å²) in [6.07, 6.45) is 4.53. The second-order valence-corrected chi connectivity index (χ2v) is 6.07. The number of rotatable bonds is 7. The highest BCUT2D eigenvalue weighted by molar-refractivity contribution is 5.91. The van der Waals surface area contributed by atoms with Crippen LogP contribution < -0.4 is 10.6 Å². The molecule has 128 valence electrons. The van der Waals surface area contributed by atoms with Crippen molar-refractivity contribution in [1.29, 1.82) is 0 Å². The van der Waals surface area contributed by atoms with Gasteiger partial charge >= 0.3 is 0 Å². The summed E-state index contributed by atoms with van der Waals surface area (Å²) in [5.41, 5.74) is 6.45. The normalized spacial score (nSPS) is 16.8. The number of benzene rings is 1. The third-order valence-electron chi connectivity index (χ3n) is 4.31. The van der Waals surface area contributed by atoms with Gasteiger partial charge in [0.1, 0.15) is 12.1 Å². The summed E-state index contributed by atoms with van der Waals surface area (Å²) in [5, 5.41) is 0. The molecule has 2 atom stereocenters. The number of halogens is 1. The van der Waals surface area contributed by atoms with Gasteiger partial charge in [0.05, 0.1) is 5.69 Å². The quantitative estimate of drug-likeness (QED) is 0.777. The molecule has 0 saturated heterocycles. The SMILES string of the molecule is CC(CC(CC=O)C(N)=O)c1ccc(N2C=CC(=O)CC2)c(F)c1. The van der Waals surface area contributed by atoms with Crippen molar-refractivity contribution < 1.29 is 18.8 Å². The lowest BCUT2D eigenvalue weighted by Gasteiger charge is -2.24. The summed E-state index contributed by atoms with van der Waals surface area (Å²) < 4.78 is 14.4. The first-order chi connectivity index (χ1) is 11.4. The highest BCUT2D eigenvalue weighted by atomic mass is 19.1. The monoisotopic (exact) mass is 332 g/mol. The Balaban J connectivity index is 2.13. The van der Waals surface area contributed by atoms with E-state index in [2.05, 4.69) is 0 Å². The van der Waals surface area contributed by atoms with Crippen molar-refractivity contribution in [2.24, 2.45) is 11.7 Å². The fourth-order valence-corrected chi connectivity index (χ4v) is 2.83. The zero-order valence-electron chi connectivity index (χ0n) is 13.6. The number of amides is 1. The first-order valence-corrected chi connectivity index (χ1v) is 7.92. The molecule has 1 aliphatic rings. The highest BCUT2D eigenvalue weighted by Gasteiger charge is 2.21. The number of carbonyl (C=O) groups is 3. The minimum atomic E-state index is -0.545. The summed E-state index contributed by atoms with van der Waals surface area (Å²) in [6, 6.07) is 4.90. The van der Waals surface area contributed by atoms with Crippen molar-refractivity contribution in [3.8, 4) is 0 Å². The van der Waals surface area contributed by atoms with E-state index in [1.54, 1.807) is 23.2 Å². The number of nitrogens with two attached hydrogens (primary N) is 1. The van der Waals surface area contributed by atoms with Crippen LogP contribution in [0.3, 0.4) is 0 Å². The smallest absolute Gasteiger partial charge is 0.220 e. The molecular weight excluding hydrogens is 311 g/mol. The Morgan fingerprint density at radius 3 is 2.75 bits per heavy atom. The minimum absolute atomic E-state index is 0.0320. The standard InChI is InChI=1S/C18H21FN2O3/c1-12(10-14(6-9-22)18(20)24)13-2-3-17(16(19)11-13)21-7-4-15(23)5-8-21/h2-4,7,9,11-12,14H,5-6,8,10H2,1H3,(H2,20,24). The van der Waals surface area contributed by atoms with Gasteiger partial charge in [-0.3, -0.25) is 9.59 Å². The number of primary amides is 1. The third kappa shape index (κ3) is 4.28. The Bertz CT molecular complexity index is 672. The largest absolute Gasteiger partial charge is 0.369 e. The lowest BCUT2D eigenvalue weighted by molar-refractivity contribution is -0.124. The van der Waals surface area contributed by atoms with Crippen LogP contribution in [0.5, 0.6) is 0 Å². The van der Waals surface area contributed by atoms with Gasteiger partial charge in [0.25, 0.3) is 0 Å². The van der Waals surface area contributed by atoms with Gasteiger partial charge in [-0.15, -0.1) is 0 Å². The summed E-state index contributed by atoms with van der Waals surface area (Å²) in [7, 11) is 0. The van der Waals surface area contributed by atoms with E-state index in [9.17, 15) is 18.8 Å². The van der Waals surface area contributed by atoms with Crippen molar-refractivity contribution >= 4 is 23.7 Å². The van der Waals surface area contributed by atoms with Gasteiger partial charge in [-0.1, -0.05) is 13.0 Å². The van der Waals surface area contributed by atoms with Crippen molar-refractivity contribution in [1.82, 2.24) is 0 Å². The van der Waals surface area contributed by atoms with Crippen molar-refractivity contribution in [3.63, 3.8) is 0 Å². The highest BCUT2D eigenvalue weighted by Crippen LogP contribution is 2.29. The van der Waals surface area contributed by atoms with Crippen LogP contribution in [0.25, 0.3) is 0 Å². The number of aldehydes is 1. The predicted octanol–water partition coefficient (Wildman–Crippen LogP) is 2.30. The molecule has 2 rings (SSSR count). The first-order valence-electron chi connectivity index (χ1n) is 7.92. The molecule has 2 unspecified atom stereocenters. The summed E-state index contributed by atoms with van der Waals surface area (Å²) >= 11 is 0. The van der Waals surface area contributed by atoms with Gasteiger partial charge in [0, 0.05) is 31.5 Å². The second-order valence-electron chi connectivity index (χ2n) is 6.07. The van der Waals surface area contributed by atoms with Gasteiger partial charge < -0.3 is 15.4 Å². The molecule has 1 amide bonds. The number of hydrogen-bond acceptors (Lipinski definition) is 4. The van der Waals surface area contributed by atoms with E-state index < -0.39 is 11.8 Å². The molecule has 2 N–H and O–H groups in total. The van der Waals surface area contributed by atoms with E-state index in [1.165, 1.54) is 12.1 Å². The molecule has 1 aromatic carbocycles. The Kier molecular flexibility index (Phi) is 5.84. The summed E-state index contributed by atoms with van der Waals surface area (Å²) in [6.45, 7) is 2.32. The summed E-state index contributed by atoms with van der Waals surface area (Å²) in [5.74, 6) is -1.52. The molecule has 1 aliphatic heterocycles. The van der Waals surface area contributed by atoms with E-state index in [0.29, 0.717) is 31.4 Å². The molecule has 1 aromatic rings. The predicted molar refractivity (Wildman–Crippen MR) is 88.9 cm³/mol. The van der Waals surface area contributed by atoms with E-state index in [0.717, 1.165) is 5.56 Å². The molecular formula is C18H21FN2O3. The van der Waals surface area contributed by atoms with E-state index in [-0.39, 0.29) is 23.9 Å².